The summed E-state index contributed by atoms with van der Waals surface area (Å²) in [5, 5.41) is 2.78. The lowest BCUT2D eigenvalue weighted by Crippen LogP contribution is -2.55. The van der Waals surface area contributed by atoms with E-state index in [2.05, 4.69) is 5.32 Å². The van der Waals surface area contributed by atoms with Crippen LogP contribution in [-0.4, -0.2) is 42.5 Å². The van der Waals surface area contributed by atoms with Crippen molar-refractivity contribution in [3.63, 3.8) is 0 Å². The predicted molar refractivity (Wildman–Crippen MR) is 77.5 cm³/mol. The molecule has 0 aromatic heterocycles. The van der Waals surface area contributed by atoms with Crippen LogP contribution in [0.4, 0.5) is 0 Å². The van der Waals surface area contributed by atoms with E-state index in [1.165, 1.54) is 0 Å². The fourth-order valence-electron chi connectivity index (χ4n) is 2.93. The van der Waals surface area contributed by atoms with Gasteiger partial charge in [-0.15, -0.1) is 0 Å². The molecule has 5 heteroatoms. The average molecular weight is 288 g/mol. The summed E-state index contributed by atoms with van der Waals surface area (Å²) in [4.78, 5) is 26.1. The van der Waals surface area contributed by atoms with Gasteiger partial charge in [0.2, 0.25) is 11.8 Å². The molecule has 2 fully saturated rings. The minimum absolute atomic E-state index is 0.0463. The molecule has 21 heavy (non-hydrogen) atoms. The molecule has 2 heterocycles. The van der Waals surface area contributed by atoms with Gasteiger partial charge in [-0.05, 0) is 24.8 Å². The molecule has 2 aliphatic heterocycles. The van der Waals surface area contributed by atoms with Gasteiger partial charge in [0.25, 0.3) is 0 Å². The minimum Gasteiger partial charge on any atom is -0.376 e. The van der Waals surface area contributed by atoms with E-state index < -0.39 is 6.04 Å². The number of piperazine rings is 1. The van der Waals surface area contributed by atoms with Crippen LogP contribution in [0.3, 0.4) is 0 Å². The molecule has 1 aromatic carbocycles. The fraction of sp³-hybridized carbons (Fsp3) is 0.500. The van der Waals surface area contributed by atoms with Crippen molar-refractivity contribution in [2.45, 2.75) is 31.4 Å². The number of benzene rings is 1. The first kappa shape index (κ1) is 14.1. The van der Waals surface area contributed by atoms with E-state index in [1.54, 1.807) is 4.90 Å². The molecular formula is C16H20N2O3. The number of hydrogen-bond donors (Lipinski definition) is 1. The lowest BCUT2D eigenvalue weighted by atomic mass is 10.0. The minimum atomic E-state index is -0.573. The van der Waals surface area contributed by atoms with Gasteiger partial charge >= 0.3 is 0 Å². The molecule has 1 aromatic rings. The van der Waals surface area contributed by atoms with Crippen LogP contribution in [0.1, 0.15) is 30.9 Å². The summed E-state index contributed by atoms with van der Waals surface area (Å²) in [6, 6.07) is 8.80. The quantitative estimate of drug-likeness (QED) is 0.911. The van der Waals surface area contributed by atoms with E-state index in [9.17, 15) is 9.59 Å². The Morgan fingerprint density at radius 2 is 2.00 bits per heavy atom. The maximum atomic E-state index is 12.6. The zero-order chi connectivity index (χ0) is 14.7. The smallest absolute Gasteiger partial charge is 0.250 e. The van der Waals surface area contributed by atoms with Gasteiger partial charge in [0.1, 0.15) is 6.04 Å². The first-order valence-corrected chi connectivity index (χ1v) is 7.49. The summed E-state index contributed by atoms with van der Waals surface area (Å²) in [7, 11) is 0. The Morgan fingerprint density at radius 1 is 1.19 bits per heavy atom. The molecule has 2 amide bonds. The van der Waals surface area contributed by atoms with Gasteiger partial charge in [0.15, 0.2) is 0 Å². The number of rotatable bonds is 3. The van der Waals surface area contributed by atoms with Crippen molar-refractivity contribution < 1.29 is 14.3 Å². The zero-order valence-electron chi connectivity index (χ0n) is 12.0. The van der Waals surface area contributed by atoms with E-state index >= 15 is 0 Å². The van der Waals surface area contributed by atoms with Gasteiger partial charge in [0.05, 0.1) is 12.6 Å². The Bertz CT molecular complexity index is 512. The summed E-state index contributed by atoms with van der Waals surface area (Å²) < 4.78 is 5.68. The van der Waals surface area contributed by atoms with Gasteiger partial charge in [-0.1, -0.05) is 30.3 Å². The van der Waals surface area contributed by atoms with Crippen molar-refractivity contribution in [3.8, 4) is 0 Å². The Labute approximate surface area is 124 Å². The second kappa shape index (κ2) is 6.26. The van der Waals surface area contributed by atoms with Crippen molar-refractivity contribution >= 4 is 11.8 Å². The predicted octanol–water partition coefficient (Wildman–Crippen LogP) is 1.26. The number of carbonyl (C=O) groups is 2. The van der Waals surface area contributed by atoms with Crippen LogP contribution in [0.2, 0.25) is 0 Å². The first-order valence-electron chi connectivity index (χ1n) is 7.49. The van der Waals surface area contributed by atoms with Gasteiger partial charge < -0.3 is 15.0 Å². The molecule has 0 radical (unpaired) electrons. The number of nitrogens with one attached hydrogen (secondary N) is 1. The Kier molecular flexibility index (Phi) is 4.20. The zero-order valence-corrected chi connectivity index (χ0v) is 12.0. The molecule has 0 aliphatic carbocycles. The molecule has 2 aliphatic rings. The molecule has 2 saturated heterocycles. The Hall–Kier alpha value is -1.88. The second-order valence-corrected chi connectivity index (χ2v) is 5.62. The summed E-state index contributed by atoms with van der Waals surface area (Å²) in [6.45, 7) is 1.39. The highest BCUT2D eigenvalue weighted by Crippen LogP contribution is 2.21. The van der Waals surface area contributed by atoms with E-state index in [4.69, 9.17) is 4.74 Å². The molecule has 2 unspecified atom stereocenters. The standard InChI is InChI=1S/C16H20N2O3/c19-14-11-18(10-13-8-4-5-9-21-13)16(20)15(17-14)12-6-2-1-3-7-12/h1-3,6-7,13,15H,4-5,8-11H2,(H,17,19). The van der Waals surface area contributed by atoms with Crippen LogP contribution in [0, 0.1) is 0 Å². The fourth-order valence-corrected chi connectivity index (χ4v) is 2.93. The number of ether oxygens (including phenoxy) is 1. The van der Waals surface area contributed by atoms with Crippen LogP contribution in [0.25, 0.3) is 0 Å². The molecule has 1 N–H and O–H groups in total. The van der Waals surface area contributed by atoms with Crippen LogP contribution >= 0.6 is 0 Å². The lowest BCUT2D eigenvalue weighted by Gasteiger charge is -2.35. The van der Waals surface area contributed by atoms with Crippen LogP contribution < -0.4 is 5.32 Å². The third-order valence-electron chi connectivity index (χ3n) is 4.03. The van der Waals surface area contributed by atoms with Gasteiger partial charge in [0, 0.05) is 13.2 Å². The Balaban J connectivity index is 1.72. The SMILES string of the molecule is O=C1CN(CC2CCCCO2)C(=O)C(c2ccccc2)N1. The van der Waals surface area contributed by atoms with E-state index in [-0.39, 0.29) is 24.5 Å². The summed E-state index contributed by atoms with van der Waals surface area (Å²) >= 11 is 0. The van der Waals surface area contributed by atoms with Crippen LogP contribution in [0.5, 0.6) is 0 Å². The number of nitrogens with zero attached hydrogens (tertiary/aromatic N) is 1. The monoisotopic (exact) mass is 288 g/mol. The summed E-state index contributed by atoms with van der Waals surface area (Å²) in [5.74, 6) is -0.158. The van der Waals surface area contributed by atoms with Crippen LogP contribution in [-0.2, 0) is 14.3 Å². The van der Waals surface area contributed by atoms with E-state index in [1.807, 2.05) is 30.3 Å². The molecule has 0 bridgehead atoms. The van der Waals surface area contributed by atoms with Gasteiger partial charge in [-0.3, -0.25) is 9.59 Å². The number of hydrogen-bond acceptors (Lipinski definition) is 3. The molecule has 3 rings (SSSR count). The molecule has 5 nitrogen and oxygen atoms in total. The first-order chi connectivity index (χ1) is 10.2. The van der Waals surface area contributed by atoms with Crippen molar-refractivity contribution in [2.24, 2.45) is 0 Å². The van der Waals surface area contributed by atoms with Crippen LogP contribution in [0.15, 0.2) is 30.3 Å². The van der Waals surface area contributed by atoms with Crippen molar-refractivity contribution in [1.29, 1.82) is 0 Å². The summed E-state index contributed by atoms with van der Waals surface area (Å²) in [5.41, 5.74) is 0.824. The van der Waals surface area contributed by atoms with Crippen molar-refractivity contribution in [2.75, 3.05) is 19.7 Å². The lowest BCUT2D eigenvalue weighted by molar-refractivity contribution is -0.146. The summed E-state index contributed by atoms with van der Waals surface area (Å²) in [6.07, 6.45) is 3.23. The van der Waals surface area contributed by atoms with Gasteiger partial charge in [-0.25, -0.2) is 0 Å². The van der Waals surface area contributed by atoms with Crippen molar-refractivity contribution in [3.05, 3.63) is 35.9 Å². The normalized spacial score (nSPS) is 26.6. The van der Waals surface area contributed by atoms with E-state index in [0.717, 1.165) is 31.4 Å². The van der Waals surface area contributed by atoms with Crippen molar-refractivity contribution in [1.82, 2.24) is 10.2 Å². The Morgan fingerprint density at radius 3 is 2.71 bits per heavy atom. The third kappa shape index (κ3) is 3.24. The molecule has 0 spiro atoms. The highest BCUT2D eigenvalue weighted by atomic mass is 16.5. The topological polar surface area (TPSA) is 58.6 Å². The van der Waals surface area contributed by atoms with Gasteiger partial charge in [-0.2, -0.15) is 0 Å². The molecule has 112 valence electrons. The average Bonchev–Trinajstić information content (AvgIpc) is 2.52. The maximum Gasteiger partial charge on any atom is 0.250 e. The maximum absolute atomic E-state index is 12.6. The third-order valence-corrected chi connectivity index (χ3v) is 4.03. The number of carbonyl (C=O) groups excluding carboxylic acids is 2. The molecular weight excluding hydrogens is 268 g/mol. The second-order valence-electron chi connectivity index (χ2n) is 5.62. The number of amides is 2. The highest BCUT2D eigenvalue weighted by Gasteiger charge is 2.35. The molecule has 2 atom stereocenters. The highest BCUT2D eigenvalue weighted by molar-refractivity contribution is 5.95. The molecule has 0 saturated carbocycles. The van der Waals surface area contributed by atoms with E-state index in [0.29, 0.717) is 6.54 Å². The largest absolute Gasteiger partial charge is 0.376 e.